The highest BCUT2D eigenvalue weighted by Crippen LogP contribution is 2.33. The summed E-state index contributed by atoms with van der Waals surface area (Å²) in [6, 6.07) is 8.67. The quantitative estimate of drug-likeness (QED) is 0.778. The SMILES string of the molecule is Cc1cc(C)cc(C2=C(C#N)CCC2N)c1. The molecule has 0 bridgehead atoms. The van der Waals surface area contributed by atoms with Gasteiger partial charge in [-0.3, -0.25) is 0 Å². The van der Waals surface area contributed by atoms with Gasteiger partial charge in [0.15, 0.2) is 0 Å². The molecule has 0 saturated heterocycles. The van der Waals surface area contributed by atoms with Gasteiger partial charge in [-0.15, -0.1) is 0 Å². The number of rotatable bonds is 1. The summed E-state index contributed by atoms with van der Waals surface area (Å²) in [5.74, 6) is 0. The van der Waals surface area contributed by atoms with Crippen molar-refractivity contribution < 1.29 is 0 Å². The van der Waals surface area contributed by atoms with Gasteiger partial charge in [0.1, 0.15) is 0 Å². The standard InChI is InChI=1S/C14H16N2/c1-9-5-10(2)7-12(6-9)14-11(8-15)3-4-13(14)16/h5-7,13H,3-4,16H2,1-2H3. The first-order valence-corrected chi connectivity index (χ1v) is 5.59. The predicted molar refractivity (Wildman–Crippen MR) is 65.7 cm³/mol. The van der Waals surface area contributed by atoms with Crippen LogP contribution in [0.25, 0.3) is 5.57 Å². The van der Waals surface area contributed by atoms with Crippen molar-refractivity contribution >= 4 is 5.57 Å². The number of hydrogen-bond acceptors (Lipinski definition) is 2. The van der Waals surface area contributed by atoms with E-state index in [-0.39, 0.29) is 6.04 Å². The highest BCUT2D eigenvalue weighted by Gasteiger charge is 2.23. The second-order valence-electron chi connectivity index (χ2n) is 4.53. The summed E-state index contributed by atoms with van der Waals surface area (Å²) in [5.41, 5.74) is 11.5. The number of benzene rings is 1. The minimum absolute atomic E-state index is 0.0239. The van der Waals surface area contributed by atoms with Crippen molar-refractivity contribution in [2.75, 3.05) is 0 Å². The van der Waals surface area contributed by atoms with E-state index in [4.69, 9.17) is 11.0 Å². The Morgan fingerprint density at radius 2 is 1.88 bits per heavy atom. The fourth-order valence-electron chi connectivity index (χ4n) is 2.44. The van der Waals surface area contributed by atoms with E-state index in [9.17, 15) is 0 Å². The molecule has 0 aliphatic heterocycles. The molecule has 1 aliphatic carbocycles. The lowest BCUT2D eigenvalue weighted by atomic mass is 9.96. The molecule has 1 aliphatic rings. The Kier molecular flexibility index (Phi) is 2.80. The van der Waals surface area contributed by atoms with Gasteiger partial charge in [0.2, 0.25) is 0 Å². The topological polar surface area (TPSA) is 49.8 Å². The van der Waals surface area contributed by atoms with Gasteiger partial charge in [0.05, 0.1) is 6.07 Å². The van der Waals surface area contributed by atoms with Gasteiger partial charge in [-0.2, -0.15) is 5.26 Å². The van der Waals surface area contributed by atoms with E-state index in [0.717, 1.165) is 29.6 Å². The minimum Gasteiger partial charge on any atom is -0.324 e. The van der Waals surface area contributed by atoms with Gasteiger partial charge in [0, 0.05) is 11.6 Å². The molecule has 1 unspecified atom stereocenters. The number of nitrogens with two attached hydrogens (primary N) is 1. The van der Waals surface area contributed by atoms with Crippen molar-refractivity contribution in [3.63, 3.8) is 0 Å². The van der Waals surface area contributed by atoms with Crippen LogP contribution in [0.3, 0.4) is 0 Å². The van der Waals surface area contributed by atoms with Crippen molar-refractivity contribution in [1.82, 2.24) is 0 Å². The summed E-state index contributed by atoms with van der Waals surface area (Å²) < 4.78 is 0. The highest BCUT2D eigenvalue weighted by atomic mass is 14.7. The van der Waals surface area contributed by atoms with Crippen LogP contribution in [0.2, 0.25) is 0 Å². The summed E-state index contributed by atoms with van der Waals surface area (Å²) in [6.45, 7) is 4.15. The van der Waals surface area contributed by atoms with Crippen molar-refractivity contribution in [2.24, 2.45) is 5.73 Å². The molecule has 16 heavy (non-hydrogen) atoms. The van der Waals surface area contributed by atoms with Crippen molar-refractivity contribution in [3.8, 4) is 6.07 Å². The lowest BCUT2D eigenvalue weighted by Crippen LogP contribution is -2.18. The third-order valence-corrected chi connectivity index (χ3v) is 3.07. The molecular weight excluding hydrogens is 196 g/mol. The van der Waals surface area contributed by atoms with Gasteiger partial charge >= 0.3 is 0 Å². The average molecular weight is 212 g/mol. The Hall–Kier alpha value is -1.59. The fourth-order valence-corrected chi connectivity index (χ4v) is 2.44. The first kappa shape index (κ1) is 10.9. The van der Waals surface area contributed by atoms with Gasteiger partial charge in [-0.25, -0.2) is 0 Å². The molecule has 0 heterocycles. The van der Waals surface area contributed by atoms with Crippen LogP contribution in [0, 0.1) is 25.2 Å². The number of allylic oxidation sites excluding steroid dienone is 1. The molecule has 0 aromatic heterocycles. The maximum Gasteiger partial charge on any atom is 0.0950 e. The first-order chi connectivity index (χ1) is 7.61. The smallest absolute Gasteiger partial charge is 0.0950 e. The van der Waals surface area contributed by atoms with Crippen molar-refractivity contribution in [2.45, 2.75) is 32.7 Å². The number of hydrogen-bond donors (Lipinski definition) is 1. The average Bonchev–Trinajstić information content (AvgIpc) is 2.58. The molecule has 1 aromatic rings. The Morgan fingerprint density at radius 1 is 1.25 bits per heavy atom. The summed E-state index contributed by atoms with van der Waals surface area (Å²) in [6.07, 6.45) is 1.71. The number of nitrogens with zero attached hydrogens (tertiary/aromatic N) is 1. The second-order valence-corrected chi connectivity index (χ2v) is 4.53. The van der Waals surface area contributed by atoms with E-state index in [2.05, 4.69) is 38.1 Å². The lowest BCUT2D eigenvalue weighted by molar-refractivity contribution is 0.786. The fraction of sp³-hybridized carbons (Fsp3) is 0.357. The van der Waals surface area contributed by atoms with Crippen LogP contribution in [-0.4, -0.2) is 6.04 Å². The van der Waals surface area contributed by atoms with Gasteiger partial charge in [-0.05, 0) is 37.8 Å². The number of aryl methyl sites for hydroxylation is 2. The molecule has 0 radical (unpaired) electrons. The maximum absolute atomic E-state index is 9.09. The molecule has 1 atom stereocenters. The number of nitriles is 1. The van der Waals surface area contributed by atoms with E-state index in [1.807, 2.05) is 0 Å². The Labute approximate surface area is 96.4 Å². The van der Waals surface area contributed by atoms with Crippen LogP contribution < -0.4 is 5.73 Å². The van der Waals surface area contributed by atoms with E-state index in [1.54, 1.807) is 0 Å². The molecule has 0 spiro atoms. The highest BCUT2D eigenvalue weighted by molar-refractivity contribution is 5.77. The third-order valence-electron chi connectivity index (χ3n) is 3.07. The molecular formula is C14H16N2. The third kappa shape index (κ3) is 1.87. The van der Waals surface area contributed by atoms with Crippen LogP contribution >= 0.6 is 0 Å². The zero-order valence-corrected chi connectivity index (χ0v) is 9.75. The molecule has 2 nitrogen and oxygen atoms in total. The van der Waals surface area contributed by atoms with Crippen LogP contribution in [0.5, 0.6) is 0 Å². The second kappa shape index (κ2) is 4.11. The lowest BCUT2D eigenvalue weighted by Gasteiger charge is -2.11. The Bertz CT molecular complexity index is 472. The van der Waals surface area contributed by atoms with Crippen molar-refractivity contribution in [3.05, 3.63) is 40.5 Å². The van der Waals surface area contributed by atoms with E-state index in [0.29, 0.717) is 0 Å². The summed E-state index contributed by atoms with van der Waals surface area (Å²) in [7, 11) is 0. The summed E-state index contributed by atoms with van der Waals surface area (Å²) in [5, 5.41) is 9.09. The largest absolute Gasteiger partial charge is 0.324 e. The van der Waals surface area contributed by atoms with Gasteiger partial charge in [-0.1, -0.05) is 29.3 Å². The predicted octanol–water partition coefficient (Wildman–Crippen LogP) is 2.70. The molecule has 1 aromatic carbocycles. The van der Waals surface area contributed by atoms with Gasteiger partial charge in [0.25, 0.3) is 0 Å². The van der Waals surface area contributed by atoms with Crippen molar-refractivity contribution in [1.29, 1.82) is 5.26 Å². The van der Waals surface area contributed by atoms with Crippen LogP contribution in [0.1, 0.15) is 29.5 Å². The van der Waals surface area contributed by atoms with E-state index >= 15 is 0 Å². The molecule has 0 saturated carbocycles. The zero-order valence-electron chi connectivity index (χ0n) is 9.75. The Morgan fingerprint density at radius 3 is 2.44 bits per heavy atom. The molecule has 2 N–H and O–H groups in total. The summed E-state index contributed by atoms with van der Waals surface area (Å²) in [4.78, 5) is 0. The van der Waals surface area contributed by atoms with Crippen LogP contribution in [0.4, 0.5) is 0 Å². The van der Waals surface area contributed by atoms with Crippen LogP contribution in [-0.2, 0) is 0 Å². The van der Waals surface area contributed by atoms with Crippen LogP contribution in [0.15, 0.2) is 23.8 Å². The van der Waals surface area contributed by atoms with E-state index < -0.39 is 0 Å². The molecule has 2 heteroatoms. The summed E-state index contributed by atoms with van der Waals surface area (Å²) >= 11 is 0. The Balaban J connectivity index is 2.55. The monoisotopic (exact) mass is 212 g/mol. The minimum atomic E-state index is 0.0239. The van der Waals surface area contributed by atoms with Gasteiger partial charge < -0.3 is 5.73 Å². The molecule has 0 fully saturated rings. The zero-order chi connectivity index (χ0) is 11.7. The molecule has 82 valence electrons. The molecule has 2 rings (SSSR count). The maximum atomic E-state index is 9.09. The first-order valence-electron chi connectivity index (χ1n) is 5.59. The van der Waals surface area contributed by atoms with E-state index in [1.165, 1.54) is 11.1 Å². The molecule has 0 amide bonds. The normalized spacial score (nSPS) is 20.0.